The van der Waals surface area contributed by atoms with Crippen molar-refractivity contribution in [2.24, 2.45) is 0 Å². The van der Waals surface area contributed by atoms with E-state index in [1.807, 2.05) is 7.05 Å². The molecule has 1 aliphatic carbocycles. The Kier molecular flexibility index (Phi) is 2.96. The predicted octanol–water partition coefficient (Wildman–Crippen LogP) is 2.39. The Morgan fingerprint density at radius 1 is 1.45 bits per heavy atom. The van der Waals surface area contributed by atoms with Gasteiger partial charge in [-0.15, -0.1) is 0 Å². The van der Waals surface area contributed by atoms with Crippen LogP contribution in [0.2, 0.25) is 0 Å². The fourth-order valence-electron chi connectivity index (χ4n) is 1.09. The molecule has 0 amide bonds. The van der Waals surface area contributed by atoms with E-state index >= 15 is 0 Å². The fourth-order valence-corrected chi connectivity index (χ4v) is 1.09. The average Bonchev–Trinajstić information content (AvgIpc) is 2.28. The first-order valence-electron chi connectivity index (χ1n) is 4.11. The van der Waals surface area contributed by atoms with Crippen LogP contribution >= 0.6 is 0 Å². The van der Waals surface area contributed by atoms with Crippen molar-refractivity contribution in [3.05, 3.63) is 35.6 Å². The van der Waals surface area contributed by atoms with Gasteiger partial charge in [0.05, 0.1) is 0 Å². The first-order chi connectivity index (χ1) is 5.36. The van der Waals surface area contributed by atoms with Gasteiger partial charge in [0.15, 0.2) is 0 Å². The SMILES string of the molecule is CCC1=CC=C(NC)CC=C1. The van der Waals surface area contributed by atoms with Crippen LogP contribution < -0.4 is 5.32 Å². The molecule has 0 heterocycles. The van der Waals surface area contributed by atoms with Crippen LogP contribution in [-0.2, 0) is 0 Å². The first-order valence-corrected chi connectivity index (χ1v) is 4.11. The lowest BCUT2D eigenvalue weighted by Crippen LogP contribution is -2.03. The zero-order chi connectivity index (χ0) is 8.10. The lowest BCUT2D eigenvalue weighted by atomic mass is 10.2. The summed E-state index contributed by atoms with van der Waals surface area (Å²) >= 11 is 0. The van der Waals surface area contributed by atoms with Crippen LogP contribution in [0.1, 0.15) is 19.8 Å². The molecule has 0 saturated carbocycles. The molecule has 0 aromatic carbocycles. The van der Waals surface area contributed by atoms with Gasteiger partial charge in [-0.2, -0.15) is 0 Å². The number of allylic oxidation sites excluding steroid dienone is 5. The zero-order valence-electron chi connectivity index (χ0n) is 7.22. The van der Waals surface area contributed by atoms with E-state index in [2.05, 4.69) is 36.5 Å². The highest BCUT2D eigenvalue weighted by molar-refractivity contribution is 5.29. The summed E-state index contributed by atoms with van der Waals surface area (Å²) in [5, 5.41) is 3.15. The summed E-state index contributed by atoms with van der Waals surface area (Å²) in [7, 11) is 1.96. The zero-order valence-corrected chi connectivity index (χ0v) is 7.22. The number of rotatable bonds is 2. The molecule has 1 aliphatic rings. The topological polar surface area (TPSA) is 12.0 Å². The van der Waals surface area contributed by atoms with Crippen LogP contribution in [0.4, 0.5) is 0 Å². The molecule has 0 unspecified atom stereocenters. The maximum Gasteiger partial charge on any atom is 0.0142 e. The quantitative estimate of drug-likeness (QED) is 0.635. The fraction of sp³-hybridized carbons (Fsp3) is 0.400. The molecular weight excluding hydrogens is 134 g/mol. The molecule has 1 rings (SSSR count). The van der Waals surface area contributed by atoms with Crippen LogP contribution in [0.15, 0.2) is 35.6 Å². The van der Waals surface area contributed by atoms with Crippen LogP contribution in [0, 0.1) is 0 Å². The van der Waals surface area contributed by atoms with Crippen LogP contribution in [-0.4, -0.2) is 7.05 Å². The summed E-state index contributed by atoms with van der Waals surface area (Å²) in [5.74, 6) is 0. The van der Waals surface area contributed by atoms with Crippen molar-refractivity contribution in [1.82, 2.24) is 5.32 Å². The molecule has 0 atom stereocenters. The molecular formula is C10H15N. The van der Waals surface area contributed by atoms with E-state index in [1.54, 1.807) is 0 Å². The van der Waals surface area contributed by atoms with Crippen LogP contribution in [0.25, 0.3) is 0 Å². The molecule has 60 valence electrons. The Bertz CT molecular complexity index is 209. The molecule has 1 heteroatoms. The van der Waals surface area contributed by atoms with Gasteiger partial charge in [0.25, 0.3) is 0 Å². The summed E-state index contributed by atoms with van der Waals surface area (Å²) in [6, 6.07) is 0. The molecule has 0 aromatic rings. The Morgan fingerprint density at radius 3 is 2.91 bits per heavy atom. The monoisotopic (exact) mass is 149 g/mol. The minimum absolute atomic E-state index is 1.02. The standard InChI is InChI=1S/C10H15N/c1-3-9-5-4-6-10(11-2)8-7-9/h4-5,7-8,11H,3,6H2,1-2H3. The third kappa shape index (κ3) is 2.26. The van der Waals surface area contributed by atoms with Crippen molar-refractivity contribution in [2.75, 3.05) is 7.05 Å². The van der Waals surface area contributed by atoms with Crippen molar-refractivity contribution in [3.8, 4) is 0 Å². The van der Waals surface area contributed by atoms with E-state index < -0.39 is 0 Å². The van der Waals surface area contributed by atoms with Gasteiger partial charge >= 0.3 is 0 Å². The van der Waals surface area contributed by atoms with Gasteiger partial charge in [0.2, 0.25) is 0 Å². The number of hydrogen-bond acceptors (Lipinski definition) is 1. The highest BCUT2D eigenvalue weighted by Crippen LogP contribution is 2.10. The summed E-state index contributed by atoms with van der Waals surface area (Å²) < 4.78 is 0. The highest BCUT2D eigenvalue weighted by atomic mass is 14.8. The van der Waals surface area contributed by atoms with Crippen molar-refractivity contribution in [3.63, 3.8) is 0 Å². The molecule has 0 aromatic heterocycles. The third-order valence-corrected chi connectivity index (χ3v) is 1.90. The number of nitrogens with one attached hydrogen (secondary N) is 1. The van der Waals surface area contributed by atoms with Gasteiger partial charge < -0.3 is 5.32 Å². The maximum atomic E-state index is 3.15. The van der Waals surface area contributed by atoms with Gasteiger partial charge in [-0.1, -0.05) is 25.2 Å². The predicted molar refractivity (Wildman–Crippen MR) is 49.3 cm³/mol. The molecule has 0 fully saturated rings. The Morgan fingerprint density at radius 2 is 2.27 bits per heavy atom. The normalized spacial score (nSPS) is 16.9. The molecule has 0 aliphatic heterocycles. The summed E-state index contributed by atoms with van der Waals surface area (Å²) in [6.45, 7) is 2.17. The first kappa shape index (κ1) is 8.12. The van der Waals surface area contributed by atoms with Gasteiger partial charge in [-0.3, -0.25) is 0 Å². The maximum absolute atomic E-state index is 3.15. The van der Waals surface area contributed by atoms with E-state index in [4.69, 9.17) is 0 Å². The van der Waals surface area contributed by atoms with Crippen molar-refractivity contribution in [2.45, 2.75) is 19.8 Å². The lowest BCUT2D eigenvalue weighted by Gasteiger charge is -1.98. The molecule has 0 radical (unpaired) electrons. The van der Waals surface area contributed by atoms with Gasteiger partial charge in [-0.05, 0) is 18.1 Å². The highest BCUT2D eigenvalue weighted by Gasteiger charge is 1.94. The van der Waals surface area contributed by atoms with Gasteiger partial charge in [0, 0.05) is 19.2 Å². The van der Waals surface area contributed by atoms with Crippen molar-refractivity contribution < 1.29 is 0 Å². The van der Waals surface area contributed by atoms with E-state index in [9.17, 15) is 0 Å². The van der Waals surface area contributed by atoms with Crippen molar-refractivity contribution >= 4 is 0 Å². The summed E-state index contributed by atoms with van der Waals surface area (Å²) in [5.41, 5.74) is 2.68. The van der Waals surface area contributed by atoms with Crippen LogP contribution in [0.5, 0.6) is 0 Å². The summed E-state index contributed by atoms with van der Waals surface area (Å²) in [6.07, 6.45) is 10.9. The second-order valence-corrected chi connectivity index (χ2v) is 2.64. The molecule has 0 spiro atoms. The molecule has 11 heavy (non-hydrogen) atoms. The average molecular weight is 149 g/mol. The van der Waals surface area contributed by atoms with E-state index in [1.165, 1.54) is 11.3 Å². The van der Waals surface area contributed by atoms with Crippen LogP contribution in [0.3, 0.4) is 0 Å². The largest absolute Gasteiger partial charge is 0.391 e. The second kappa shape index (κ2) is 4.02. The van der Waals surface area contributed by atoms with Gasteiger partial charge in [0.1, 0.15) is 0 Å². The molecule has 1 nitrogen and oxygen atoms in total. The van der Waals surface area contributed by atoms with Crippen molar-refractivity contribution in [1.29, 1.82) is 0 Å². The Balaban J connectivity index is 2.72. The summed E-state index contributed by atoms with van der Waals surface area (Å²) in [4.78, 5) is 0. The third-order valence-electron chi connectivity index (χ3n) is 1.90. The number of hydrogen-bond donors (Lipinski definition) is 1. The smallest absolute Gasteiger partial charge is 0.0142 e. The molecule has 1 N–H and O–H groups in total. The Labute approximate surface area is 68.5 Å². The second-order valence-electron chi connectivity index (χ2n) is 2.64. The van der Waals surface area contributed by atoms with E-state index in [0.29, 0.717) is 0 Å². The minimum Gasteiger partial charge on any atom is -0.391 e. The Hall–Kier alpha value is -0.980. The molecule has 0 bridgehead atoms. The van der Waals surface area contributed by atoms with Gasteiger partial charge in [-0.25, -0.2) is 0 Å². The molecule has 0 saturated heterocycles. The van der Waals surface area contributed by atoms with E-state index in [-0.39, 0.29) is 0 Å². The minimum atomic E-state index is 1.02. The van der Waals surface area contributed by atoms with E-state index in [0.717, 1.165) is 12.8 Å². The lowest BCUT2D eigenvalue weighted by molar-refractivity contribution is 0.941.